The first-order valence-electron chi connectivity index (χ1n) is 7.88. The van der Waals surface area contributed by atoms with Gasteiger partial charge < -0.3 is 9.30 Å². The van der Waals surface area contributed by atoms with Crippen LogP contribution in [0.2, 0.25) is 0 Å². The number of hydrogen-bond acceptors (Lipinski definition) is 6. The summed E-state index contributed by atoms with van der Waals surface area (Å²) in [6.07, 6.45) is 5.36. The summed E-state index contributed by atoms with van der Waals surface area (Å²) in [6.45, 7) is 0. The van der Waals surface area contributed by atoms with Crippen LogP contribution in [0.25, 0.3) is 22.7 Å². The predicted molar refractivity (Wildman–Crippen MR) is 97.7 cm³/mol. The van der Waals surface area contributed by atoms with Gasteiger partial charge in [-0.05, 0) is 29.6 Å². The fourth-order valence-corrected chi connectivity index (χ4v) is 3.27. The number of hydrogen-bond donors (Lipinski definition) is 0. The molecule has 126 valence electrons. The fraction of sp³-hybridized carbons (Fsp3) is 0. The highest BCUT2D eigenvalue weighted by molar-refractivity contribution is 7.08. The molecular formula is C18H12N6OS. The van der Waals surface area contributed by atoms with Crippen molar-refractivity contribution in [3.63, 3.8) is 0 Å². The third-order valence-corrected chi connectivity index (χ3v) is 4.54. The molecule has 7 nitrogen and oxygen atoms in total. The van der Waals surface area contributed by atoms with Gasteiger partial charge in [-0.25, -0.2) is 4.98 Å². The average Bonchev–Trinajstić information content (AvgIpc) is 3.42. The summed E-state index contributed by atoms with van der Waals surface area (Å²) in [5, 5.41) is 16.9. The molecular weight excluding hydrogens is 348 g/mol. The van der Waals surface area contributed by atoms with Crippen LogP contribution in [0.4, 0.5) is 0 Å². The van der Waals surface area contributed by atoms with Crippen molar-refractivity contribution in [2.75, 3.05) is 0 Å². The summed E-state index contributed by atoms with van der Waals surface area (Å²) >= 11 is 1.61. The van der Waals surface area contributed by atoms with E-state index >= 15 is 0 Å². The first-order chi connectivity index (χ1) is 12.9. The van der Waals surface area contributed by atoms with Gasteiger partial charge in [0.15, 0.2) is 11.5 Å². The van der Waals surface area contributed by atoms with E-state index in [-0.39, 0.29) is 0 Å². The Labute approximate surface area is 152 Å². The van der Waals surface area contributed by atoms with Crippen LogP contribution in [-0.2, 0) is 0 Å². The highest BCUT2D eigenvalue weighted by Crippen LogP contribution is 2.24. The van der Waals surface area contributed by atoms with Crippen LogP contribution in [0.5, 0.6) is 11.6 Å². The minimum Gasteiger partial charge on any atom is -0.438 e. The van der Waals surface area contributed by atoms with Crippen LogP contribution in [0.1, 0.15) is 0 Å². The Bertz CT molecular complexity index is 1160. The van der Waals surface area contributed by atoms with E-state index in [1.807, 2.05) is 57.9 Å². The number of aromatic nitrogens is 6. The predicted octanol–water partition coefficient (Wildman–Crippen LogP) is 3.83. The van der Waals surface area contributed by atoms with Gasteiger partial charge in [0.05, 0.1) is 12.0 Å². The molecule has 8 heteroatoms. The molecule has 5 aromatic rings. The molecule has 0 saturated carbocycles. The van der Waals surface area contributed by atoms with Gasteiger partial charge in [0.1, 0.15) is 5.75 Å². The molecule has 5 rings (SSSR count). The molecule has 0 saturated heterocycles. The maximum Gasteiger partial charge on any atom is 0.237 e. The largest absolute Gasteiger partial charge is 0.438 e. The standard InChI is InChI=1S/C18H12N6OS/c1-2-14(23-8-7-19-12-23)10-15(3-1)25-17-5-4-16-20-21-18(24(16)22-17)13-6-9-26-11-13/h1-12H. The molecule has 4 heterocycles. The third kappa shape index (κ3) is 2.62. The molecule has 0 unspecified atom stereocenters. The van der Waals surface area contributed by atoms with Crippen LogP contribution in [0.3, 0.4) is 0 Å². The van der Waals surface area contributed by atoms with Crippen LogP contribution in [0.15, 0.2) is 71.9 Å². The number of ether oxygens (including phenoxy) is 1. The lowest BCUT2D eigenvalue weighted by Gasteiger charge is -2.08. The monoisotopic (exact) mass is 360 g/mol. The zero-order valence-corrected chi connectivity index (χ0v) is 14.2. The smallest absolute Gasteiger partial charge is 0.237 e. The van der Waals surface area contributed by atoms with E-state index in [0.717, 1.165) is 11.3 Å². The number of imidazole rings is 1. The van der Waals surface area contributed by atoms with E-state index < -0.39 is 0 Å². The molecule has 0 amide bonds. The van der Waals surface area contributed by atoms with Crippen molar-refractivity contribution >= 4 is 17.0 Å². The zero-order chi connectivity index (χ0) is 17.3. The maximum absolute atomic E-state index is 5.95. The Morgan fingerprint density at radius 2 is 2.04 bits per heavy atom. The lowest BCUT2D eigenvalue weighted by atomic mass is 10.3. The van der Waals surface area contributed by atoms with Gasteiger partial charge in [-0.15, -0.1) is 15.3 Å². The van der Waals surface area contributed by atoms with Crippen molar-refractivity contribution in [2.45, 2.75) is 0 Å². The number of nitrogens with zero attached hydrogens (tertiary/aromatic N) is 6. The van der Waals surface area contributed by atoms with E-state index in [2.05, 4.69) is 20.3 Å². The number of benzene rings is 1. The summed E-state index contributed by atoms with van der Waals surface area (Å²) in [5.41, 5.74) is 2.62. The van der Waals surface area contributed by atoms with Crippen molar-refractivity contribution in [2.24, 2.45) is 0 Å². The van der Waals surface area contributed by atoms with Crippen LogP contribution in [0, 0.1) is 0 Å². The van der Waals surface area contributed by atoms with Crippen molar-refractivity contribution in [1.82, 2.24) is 29.4 Å². The zero-order valence-electron chi connectivity index (χ0n) is 13.4. The normalized spacial score (nSPS) is 11.1. The van der Waals surface area contributed by atoms with Crippen molar-refractivity contribution in [3.05, 3.63) is 71.9 Å². The summed E-state index contributed by atoms with van der Waals surface area (Å²) in [4.78, 5) is 4.07. The Balaban J connectivity index is 1.50. The fourth-order valence-electron chi connectivity index (χ4n) is 2.64. The van der Waals surface area contributed by atoms with Gasteiger partial charge in [0.2, 0.25) is 5.88 Å². The lowest BCUT2D eigenvalue weighted by Crippen LogP contribution is -1.98. The SMILES string of the molecule is c1cc(Oc2ccc3nnc(-c4ccsc4)n3n2)cc(-n2ccnc2)c1. The Hall–Kier alpha value is -3.52. The second-order valence-electron chi connectivity index (χ2n) is 5.55. The third-order valence-electron chi connectivity index (χ3n) is 3.86. The van der Waals surface area contributed by atoms with Crippen molar-refractivity contribution in [1.29, 1.82) is 0 Å². The Kier molecular flexibility index (Phi) is 3.46. The summed E-state index contributed by atoms with van der Waals surface area (Å²) in [6, 6.07) is 13.3. The molecule has 0 fully saturated rings. The molecule has 0 atom stereocenters. The second kappa shape index (κ2) is 6.08. The molecule has 0 aliphatic heterocycles. The molecule has 0 aliphatic carbocycles. The minimum absolute atomic E-state index is 0.469. The van der Waals surface area contributed by atoms with Crippen molar-refractivity contribution in [3.8, 4) is 28.7 Å². The highest BCUT2D eigenvalue weighted by Gasteiger charge is 2.11. The molecule has 1 aromatic carbocycles. The Morgan fingerprint density at radius 1 is 1.04 bits per heavy atom. The average molecular weight is 360 g/mol. The van der Waals surface area contributed by atoms with Gasteiger partial charge >= 0.3 is 0 Å². The van der Waals surface area contributed by atoms with Crippen LogP contribution in [-0.4, -0.2) is 29.4 Å². The van der Waals surface area contributed by atoms with Crippen molar-refractivity contribution < 1.29 is 4.74 Å². The van der Waals surface area contributed by atoms with Gasteiger partial charge in [-0.2, -0.15) is 15.9 Å². The Morgan fingerprint density at radius 3 is 2.88 bits per heavy atom. The van der Waals surface area contributed by atoms with Crippen LogP contribution < -0.4 is 4.74 Å². The summed E-state index contributed by atoms with van der Waals surface area (Å²) < 4.78 is 9.55. The summed E-state index contributed by atoms with van der Waals surface area (Å²) in [7, 11) is 0. The summed E-state index contributed by atoms with van der Waals surface area (Å²) in [5.74, 6) is 1.85. The van der Waals surface area contributed by atoms with Gasteiger partial charge in [0.25, 0.3) is 0 Å². The van der Waals surface area contributed by atoms with Gasteiger partial charge in [-0.1, -0.05) is 6.07 Å². The molecule has 0 bridgehead atoms. The van der Waals surface area contributed by atoms with E-state index in [4.69, 9.17) is 4.74 Å². The molecule has 0 radical (unpaired) electrons. The number of rotatable bonds is 4. The van der Waals surface area contributed by atoms with Gasteiger partial charge in [0, 0.05) is 35.5 Å². The minimum atomic E-state index is 0.469. The topological polar surface area (TPSA) is 70.1 Å². The lowest BCUT2D eigenvalue weighted by molar-refractivity contribution is 0.452. The van der Waals surface area contributed by atoms with E-state index in [1.54, 1.807) is 34.4 Å². The van der Waals surface area contributed by atoms with Crippen LogP contribution >= 0.6 is 11.3 Å². The molecule has 4 aromatic heterocycles. The molecule has 0 aliphatic rings. The quantitative estimate of drug-likeness (QED) is 0.487. The molecule has 0 spiro atoms. The molecule has 26 heavy (non-hydrogen) atoms. The number of thiophene rings is 1. The second-order valence-corrected chi connectivity index (χ2v) is 6.33. The first kappa shape index (κ1) is 14.8. The first-order valence-corrected chi connectivity index (χ1v) is 8.82. The van der Waals surface area contributed by atoms with E-state index in [0.29, 0.717) is 23.1 Å². The maximum atomic E-state index is 5.95. The molecule has 0 N–H and O–H groups in total. The van der Waals surface area contributed by atoms with E-state index in [9.17, 15) is 0 Å². The number of fused-ring (bicyclic) bond motifs is 1. The highest BCUT2D eigenvalue weighted by atomic mass is 32.1. The van der Waals surface area contributed by atoms with E-state index in [1.165, 1.54) is 0 Å². The van der Waals surface area contributed by atoms with Gasteiger partial charge in [-0.3, -0.25) is 0 Å².